The van der Waals surface area contributed by atoms with E-state index in [1.165, 1.54) is 6.92 Å². The molecule has 0 aliphatic rings. The molecule has 0 atom stereocenters. The molecule has 0 bridgehead atoms. The number of aromatic nitrogens is 3. The van der Waals surface area contributed by atoms with Gasteiger partial charge in [-0.25, -0.2) is 4.98 Å². The van der Waals surface area contributed by atoms with E-state index < -0.39 is 0 Å². The summed E-state index contributed by atoms with van der Waals surface area (Å²) in [5, 5.41) is 11.4. The standard InChI is InChI=1S/C16H21N5O/c1-5-14-15(6-2)19-20-16(18-14)17-12-7-9-13(10-8-12)21(4)11(3)22/h7-10H,5-6H2,1-4H3,(H,17,18,20). The quantitative estimate of drug-likeness (QED) is 0.919. The minimum absolute atomic E-state index is 0.00372. The Morgan fingerprint density at radius 1 is 1.09 bits per heavy atom. The second-order valence-corrected chi connectivity index (χ2v) is 4.99. The molecule has 0 spiro atoms. The van der Waals surface area contributed by atoms with Crippen LogP contribution in [0.1, 0.15) is 32.2 Å². The normalized spacial score (nSPS) is 10.4. The predicted octanol–water partition coefficient (Wildman–Crippen LogP) is 2.72. The van der Waals surface area contributed by atoms with Gasteiger partial charge in [0, 0.05) is 25.3 Å². The SMILES string of the molecule is CCc1nnc(Nc2ccc(N(C)C(C)=O)cc2)nc1CC. The number of benzene rings is 1. The number of carbonyl (C=O) groups excluding carboxylic acids is 1. The van der Waals surface area contributed by atoms with E-state index in [1.54, 1.807) is 11.9 Å². The van der Waals surface area contributed by atoms with Crippen LogP contribution >= 0.6 is 0 Å². The minimum Gasteiger partial charge on any atom is -0.323 e. The van der Waals surface area contributed by atoms with Crippen LogP contribution in [0.3, 0.4) is 0 Å². The summed E-state index contributed by atoms with van der Waals surface area (Å²) in [6.07, 6.45) is 1.66. The number of nitrogens with zero attached hydrogens (tertiary/aromatic N) is 4. The van der Waals surface area contributed by atoms with E-state index >= 15 is 0 Å². The maximum Gasteiger partial charge on any atom is 0.247 e. The maximum atomic E-state index is 11.3. The Morgan fingerprint density at radius 3 is 2.27 bits per heavy atom. The van der Waals surface area contributed by atoms with E-state index in [0.717, 1.165) is 35.6 Å². The molecule has 0 fully saturated rings. The first-order valence-corrected chi connectivity index (χ1v) is 7.39. The fraction of sp³-hybridized carbons (Fsp3) is 0.375. The first-order chi connectivity index (χ1) is 10.5. The van der Waals surface area contributed by atoms with Crippen LogP contribution in [-0.4, -0.2) is 28.1 Å². The highest BCUT2D eigenvalue weighted by molar-refractivity contribution is 5.91. The van der Waals surface area contributed by atoms with Crippen LogP contribution < -0.4 is 10.2 Å². The van der Waals surface area contributed by atoms with Gasteiger partial charge in [-0.05, 0) is 37.1 Å². The van der Waals surface area contributed by atoms with Crippen LogP contribution in [0.15, 0.2) is 24.3 Å². The number of hydrogen-bond donors (Lipinski definition) is 1. The van der Waals surface area contributed by atoms with Gasteiger partial charge in [-0.3, -0.25) is 4.79 Å². The van der Waals surface area contributed by atoms with E-state index in [9.17, 15) is 4.79 Å². The number of aryl methyl sites for hydroxylation is 2. The first-order valence-electron chi connectivity index (χ1n) is 7.39. The summed E-state index contributed by atoms with van der Waals surface area (Å²) in [4.78, 5) is 17.4. The van der Waals surface area contributed by atoms with Gasteiger partial charge in [0.15, 0.2) is 0 Å². The lowest BCUT2D eigenvalue weighted by molar-refractivity contribution is -0.116. The molecule has 6 nitrogen and oxygen atoms in total. The topological polar surface area (TPSA) is 71.0 Å². The monoisotopic (exact) mass is 299 g/mol. The first kappa shape index (κ1) is 15.9. The third-order valence-corrected chi connectivity index (χ3v) is 3.49. The molecule has 0 aliphatic heterocycles. The Kier molecular flexibility index (Phi) is 5.04. The number of carbonyl (C=O) groups is 1. The van der Waals surface area contributed by atoms with Crippen molar-refractivity contribution in [1.82, 2.24) is 15.2 Å². The average Bonchev–Trinajstić information content (AvgIpc) is 2.54. The van der Waals surface area contributed by atoms with Gasteiger partial charge in [-0.15, -0.1) is 10.2 Å². The average molecular weight is 299 g/mol. The van der Waals surface area contributed by atoms with Crippen molar-refractivity contribution in [3.05, 3.63) is 35.7 Å². The highest BCUT2D eigenvalue weighted by atomic mass is 16.2. The van der Waals surface area contributed by atoms with Crippen LogP contribution in [0.2, 0.25) is 0 Å². The zero-order chi connectivity index (χ0) is 16.1. The second-order valence-electron chi connectivity index (χ2n) is 4.99. The third-order valence-electron chi connectivity index (χ3n) is 3.49. The van der Waals surface area contributed by atoms with Crippen LogP contribution in [-0.2, 0) is 17.6 Å². The molecule has 6 heteroatoms. The molecule has 2 rings (SSSR count). The van der Waals surface area contributed by atoms with Gasteiger partial charge in [0.1, 0.15) is 0 Å². The summed E-state index contributed by atoms with van der Waals surface area (Å²) in [5.74, 6) is 0.484. The Morgan fingerprint density at radius 2 is 1.73 bits per heavy atom. The van der Waals surface area contributed by atoms with Gasteiger partial charge in [0.05, 0.1) is 11.4 Å². The second kappa shape index (κ2) is 6.98. The van der Waals surface area contributed by atoms with E-state index in [4.69, 9.17) is 0 Å². The molecule has 1 aromatic carbocycles. The molecule has 116 valence electrons. The summed E-state index contributed by atoms with van der Waals surface area (Å²) >= 11 is 0. The van der Waals surface area contributed by atoms with Crippen LogP contribution in [0, 0.1) is 0 Å². The highest BCUT2D eigenvalue weighted by Crippen LogP contribution is 2.19. The maximum absolute atomic E-state index is 11.3. The lowest BCUT2D eigenvalue weighted by Gasteiger charge is -2.15. The van der Waals surface area contributed by atoms with Crippen molar-refractivity contribution < 1.29 is 4.79 Å². The van der Waals surface area contributed by atoms with E-state index in [0.29, 0.717) is 5.95 Å². The summed E-state index contributed by atoms with van der Waals surface area (Å²) in [6.45, 7) is 5.63. The molecular weight excluding hydrogens is 278 g/mol. The summed E-state index contributed by atoms with van der Waals surface area (Å²) < 4.78 is 0. The van der Waals surface area contributed by atoms with Crippen molar-refractivity contribution in [2.75, 3.05) is 17.3 Å². The van der Waals surface area contributed by atoms with Gasteiger partial charge in [-0.1, -0.05) is 13.8 Å². The number of nitrogens with one attached hydrogen (secondary N) is 1. The Labute approximate surface area is 130 Å². The van der Waals surface area contributed by atoms with Crippen molar-refractivity contribution in [1.29, 1.82) is 0 Å². The van der Waals surface area contributed by atoms with Gasteiger partial charge < -0.3 is 10.2 Å². The molecule has 1 amide bonds. The molecule has 0 aliphatic carbocycles. The molecule has 22 heavy (non-hydrogen) atoms. The summed E-state index contributed by atoms with van der Waals surface area (Å²) in [6, 6.07) is 7.52. The number of rotatable bonds is 5. The molecule has 0 saturated carbocycles. The van der Waals surface area contributed by atoms with Gasteiger partial charge >= 0.3 is 0 Å². The lowest BCUT2D eigenvalue weighted by Crippen LogP contribution is -2.22. The molecule has 0 saturated heterocycles. The fourth-order valence-electron chi connectivity index (χ4n) is 2.07. The van der Waals surface area contributed by atoms with Gasteiger partial charge in [0.2, 0.25) is 11.9 Å². The lowest BCUT2D eigenvalue weighted by atomic mass is 10.2. The molecule has 1 heterocycles. The molecule has 1 aromatic heterocycles. The van der Waals surface area contributed by atoms with Gasteiger partial charge in [-0.2, -0.15) is 0 Å². The van der Waals surface area contributed by atoms with Gasteiger partial charge in [0.25, 0.3) is 0 Å². The van der Waals surface area contributed by atoms with Crippen molar-refractivity contribution in [2.24, 2.45) is 0 Å². The predicted molar refractivity (Wildman–Crippen MR) is 87.4 cm³/mol. The molecule has 0 radical (unpaired) electrons. The largest absolute Gasteiger partial charge is 0.323 e. The van der Waals surface area contributed by atoms with Crippen LogP contribution in [0.4, 0.5) is 17.3 Å². The number of hydrogen-bond acceptors (Lipinski definition) is 5. The van der Waals surface area contributed by atoms with Crippen LogP contribution in [0.5, 0.6) is 0 Å². The Hall–Kier alpha value is -2.50. The molecule has 2 aromatic rings. The zero-order valence-corrected chi connectivity index (χ0v) is 13.4. The van der Waals surface area contributed by atoms with Crippen molar-refractivity contribution in [3.63, 3.8) is 0 Å². The number of anilines is 3. The third kappa shape index (κ3) is 3.58. The van der Waals surface area contributed by atoms with Crippen molar-refractivity contribution in [2.45, 2.75) is 33.6 Å². The summed E-state index contributed by atoms with van der Waals surface area (Å²) in [7, 11) is 1.74. The van der Waals surface area contributed by atoms with Crippen LogP contribution in [0.25, 0.3) is 0 Å². The minimum atomic E-state index is -0.00372. The highest BCUT2D eigenvalue weighted by Gasteiger charge is 2.08. The molecule has 1 N–H and O–H groups in total. The Bertz CT molecular complexity index is 654. The van der Waals surface area contributed by atoms with E-state index in [2.05, 4.69) is 27.4 Å². The van der Waals surface area contributed by atoms with Crippen molar-refractivity contribution in [3.8, 4) is 0 Å². The molecular formula is C16H21N5O. The number of amides is 1. The zero-order valence-electron chi connectivity index (χ0n) is 13.4. The molecule has 0 unspecified atom stereocenters. The Balaban J connectivity index is 2.15. The van der Waals surface area contributed by atoms with E-state index in [1.807, 2.05) is 31.2 Å². The smallest absolute Gasteiger partial charge is 0.247 e. The fourth-order valence-corrected chi connectivity index (χ4v) is 2.07. The van der Waals surface area contributed by atoms with E-state index in [-0.39, 0.29) is 5.91 Å². The summed E-state index contributed by atoms with van der Waals surface area (Å²) in [5.41, 5.74) is 3.60. The van der Waals surface area contributed by atoms with Crippen molar-refractivity contribution >= 4 is 23.2 Å².